The van der Waals surface area contributed by atoms with E-state index >= 15 is 0 Å². The van der Waals surface area contributed by atoms with E-state index in [2.05, 4.69) is 5.10 Å². The topological polar surface area (TPSA) is 38.1 Å². The zero-order chi connectivity index (χ0) is 21.0. The molecule has 152 valence electrons. The fourth-order valence-corrected chi connectivity index (χ4v) is 3.06. The first-order valence-electron chi connectivity index (χ1n) is 8.98. The van der Waals surface area contributed by atoms with Crippen LogP contribution in [-0.2, 0) is 12.6 Å². The molecule has 8 heteroatoms. The minimum absolute atomic E-state index is 0.274. The number of halogens is 4. The number of hydrogen-bond donors (Lipinski definition) is 0. The van der Waals surface area contributed by atoms with Crippen LogP contribution in [-0.4, -0.2) is 34.2 Å². The largest absolute Gasteiger partial charge is 0.434 e. The van der Waals surface area contributed by atoms with Crippen LogP contribution >= 0.6 is 0 Å². The van der Waals surface area contributed by atoms with Crippen molar-refractivity contribution >= 4 is 5.91 Å². The molecule has 2 aromatic carbocycles. The molecule has 1 amide bonds. The Balaban J connectivity index is 1.82. The van der Waals surface area contributed by atoms with Crippen LogP contribution in [0.5, 0.6) is 0 Å². The minimum Gasteiger partial charge on any atom is -0.342 e. The van der Waals surface area contributed by atoms with E-state index in [-0.39, 0.29) is 12.2 Å². The average Bonchev–Trinajstić information content (AvgIpc) is 3.14. The van der Waals surface area contributed by atoms with Crippen molar-refractivity contribution in [3.8, 4) is 5.69 Å². The summed E-state index contributed by atoms with van der Waals surface area (Å²) in [5, 5.41) is 3.65. The Bertz CT molecular complexity index is 983. The summed E-state index contributed by atoms with van der Waals surface area (Å²) in [7, 11) is 1.44. The first kappa shape index (κ1) is 20.6. The molecule has 3 rings (SSSR count). The van der Waals surface area contributed by atoms with E-state index in [4.69, 9.17) is 0 Å². The highest BCUT2D eigenvalue weighted by Crippen LogP contribution is 2.34. The van der Waals surface area contributed by atoms with Gasteiger partial charge in [-0.15, -0.1) is 0 Å². The van der Waals surface area contributed by atoms with E-state index in [9.17, 15) is 22.4 Å². The summed E-state index contributed by atoms with van der Waals surface area (Å²) >= 11 is 0. The number of rotatable bonds is 6. The lowest BCUT2D eigenvalue weighted by Gasteiger charge is -2.18. The summed E-state index contributed by atoms with van der Waals surface area (Å²) < 4.78 is 55.6. The maximum absolute atomic E-state index is 14.0. The van der Waals surface area contributed by atoms with Gasteiger partial charge < -0.3 is 4.90 Å². The smallest absolute Gasteiger partial charge is 0.342 e. The van der Waals surface area contributed by atoms with Gasteiger partial charge in [0.15, 0.2) is 5.69 Å². The van der Waals surface area contributed by atoms with E-state index in [0.717, 1.165) is 17.8 Å². The third kappa shape index (κ3) is 4.64. The lowest BCUT2D eigenvalue weighted by Crippen LogP contribution is -2.30. The Morgan fingerprint density at radius 1 is 1.07 bits per heavy atom. The van der Waals surface area contributed by atoms with Crippen LogP contribution in [0.3, 0.4) is 0 Å². The van der Waals surface area contributed by atoms with Crippen molar-refractivity contribution in [1.82, 2.24) is 14.7 Å². The fourth-order valence-electron chi connectivity index (χ4n) is 3.06. The highest BCUT2D eigenvalue weighted by atomic mass is 19.4. The van der Waals surface area contributed by atoms with E-state index in [1.54, 1.807) is 0 Å². The summed E-state index contributed by atoms with van der Waals surface area (Å²) in [5.41, 5.74) is -1.19. The molecule has 4 nitrogen and oxygen atoms in total. The van der Waals surface area contributed by atoms with Gasteiger partial charge in [-0.2, -0.15) is 18.3 Å². The summed E-state index contributed by atoms with van der Waals surface area (Å²) in [4.78, 5) is 13.9. The first-order valence-corrected chi connectivity index (χ1v) is 8.98. The van der Waals surface area contributed by atoms with Crippen molar-refractivity contribution in [2.75, 3.05) is 13.6 Å². The Morgan fingerprint density at radius 2 is 1.72 bits per heavy atom. The molecule has 1 aromatic heterocycles. The lowest BCUT2D eigenvalue weighted by atomic mass is 10.1. The molecule has 0 unspecified atom stereocenters. The third-order valence-corrected chi connectivity index (χ3v) is 4.50. The van der Waals surface area contributed by atoms with Gasteiger partial charge >= 0.3 is 6.18 Å². The molecule has 1 heterocycles. The lowest BCUT2D eigenvalue weighted by molar-refractivity contribution is -0.143. The Labute approximate surface area is 165 Å². The molecule has 3 aromatic rings. The molecule has 0 fully saturated rings. The van der Waals surface area contributed by atoms with Gasteiger partial charge in [-0.1, -0.05) is 42.5 Å². The van der Waals surface area contributed by atoms with Gasteiger partial charge in [0.05, 0.1) is 11.8 Å². The van der Waals surface area contributed by atoms with E-state index in [1.807, 2.05) is 30.3 Å². The molecule has 0 bridgehead atoms. The van der Waals surface area contributed by atoms with Crippen LogP contribution in [0.1, 0.15) is 28.0 Å². The second kappa shape index (κ2) is 8.46. The molecule has 0 aliphatic carbocycles. The van der Waals surface area contributed by atoms with Crippen molar-refractivity contribution < 1.29 is 22.4 Å². The van der Waals surface area contributed by atoms with E-state index < -0.39 is 29.2 Å². The summed E-state index contributed by atoms with van der Waals surface area (Å²) in [6.45, 7) is 0.274. The van der Waals surface area contributed by atoms with Crippen molar-refractivity contribution in [2.45, 2.75) is 19.0 Å². The summed E-state index contributed by atoms with van der Waals surface area (Å²) in [5.74, 6) is -1.68. The summed E-state index contributed by atoms with van der Waals surface area (Å²) in [6, 6.07) is 14.6. The normalized spacial score (nSPS) is 11.5. The maximum Gasteiger partial charge on any atom is 0.434 e. The number of carbonyl (C=O) groups is 1. The Hall–Kier alpha value is -3.16. The SMILES string of the molecule is CN(CCCc1ccccc1)C(=O)c1cnn(-c2ccccc2F)c1C(F)(F)F. The highest BCUT2D eigenvalue weighted by molar-refractivity contribution is 5.95. The van der Waals surface area contributed by atoms with Crippen LogP contribution in [0, 0.1) is 5.82 Å². The molecule has 0 saturated heterocycles. The molecule has 0 atom stereocenters. The van der Waals surface area contributed by atoms with Gasteiger partial charge in [0, 0.05) is 13.6 Å². The van der Waals surface area contributed by atoms with Crippen molar-refractivity contribution in [3.63, 3.8) is 0 Å². The van der Waals surface area contributed by atoms with Gasteiger partial charge in [-0.25, -0.2) is 9.07 Å². The number of benzene rings is 2. The number of aryl methyl sites for hydroxylation is 1. The van der Waals surface area contributed by atoms with Gasteiger partial charge in [0.25, 0.3) is 5.91 Å². The number of carbonyl (C=O) groups excluding carboxylic acids is 1. The standard InChI is InChI=1S/C21H19F4N3O/c1-27(13-7-10-15-8-3-2-4-9-15)20(29)16-14-26-28(19(16)21(23,24)25)18-12-6-5-11-17(18)22/h2-6,8-9,11-12,14H,7,10,13H2,1H3. The quantitative estimate of drug-likeness (QED) is 0.556. The van der Waals surface area contributed by atoms with Crippen molar-refractivity contribution in [2.24, 2.45) is 0 Å². The Kier molecular flexibility index (Phi) is 6.00. The second-order valence-corrected chi connectivity index (χ2v) is 6.58. The number of hydrogen-bond acceptors (Lipinski definition) is 2. The number of alkyl halides is 3. The van der Waals surface area contributed by atoms with E-state index in [1.165, 1.54) is 30.1 Å². The second-order valence-electron chi connectivity index (χ2n) is 6.58. The van der Waals surface area contributed by atoms with Gasteiger partial charge in [0.2, 0.25) is 0 Å². The van der Waals surface area contributed by atoms with Crippen LogP contribution in [0.2, 0.25) is 0 Å². The number of aromatic nitrogens is 2. The van der Waals surface area contributed by atoms with Crippen LogP contribution < -0.4 is 0 Å². The number of nitrogens with zero attached hydrogens (tertiary/aromatic N) is 3. The van der Waals surface area contributed by atoms with E-state index in [0.29, 0.717) is 17.5 Å². The van der Waals surface area contributed by atoms with Crippen LogP contribution in [0.15, 0.2) is 60.8 Å². The summed E-state index contributed by atoms with van der Waals surface area (Å²) in [6.07, 6.45) is -2.76. The monoisotopic (exact) mass is 405 g/mol. The predicted octanol–water partition coefficient (Wildman–Crippen LogP) is 4.74. The van der Waals surface area contributed by atoms with Gasteiger partial charge in [-0.05, 0) is 30.5 Å². The van der Waals surface area contributed by atoms with Crippen LogP contribution in [0.25, 0.3) is 5.69 Å². The molecule has 0 radical (unpaired) electrons. The highest BCUT2D eigenvalue weighted by Gasteiger charge is 2.41. The zero-order valence-corrected chi connectivity index (χ0v) is 15.7. The predicted molar refractivity (Wildman–Crippen MR) is 100 cm³/mol. The molecular formula is C21H19F4N3O. The Morgan fingerprint density at radius 3 is 2.38 bits per heavy atom. The van der Waals surface area contributed by atoms with Gasteiger partial charge in [0.1, 0.15) is 11.5 Å². The maximum atomic E-state index is 14.0. The molecule has 0 spiro atoms. The fraction of sp³-hybridized carbons (Fsp3) is 0.238. The first-order chi connectivity index (χ1) is 13.8. The van der Waals surface area contributed by atoms with Crippen molar-refractivity contribution in [1.29, 1.82) is 0 Å². The molecular weight excluding hydrogens is 386 g/mol. The minimum atomic E-state index is -4.88. The third-order valence-electron chi connectivity index (χ3n) is 4.50. The molecule has 0 aliphatic rings. The van der Waals surface area contributed by atoms with Crippen molar-refractivity contribution in [3.05, 3.63) is 83.4 Å². The average molecular weight is 405 g/mol. The molecule has 0 aliphatic heterocycles. The number of para-hydroxylation sites is 1. The molecule has 0 N–H and O–H groups in total. The van der Waals surface area contributed by atoms with Crippen LogP contribution in [0.4, 0.5) is 17.6 Å². The molecule has 0 saturated carbocycles. The molecule has 29 heavy (non-hydrogen) atoms. The van der Waals surface area contributed by atoms with Gasteiger partial charge in [-0.3, -0.25) is 4.79 Å². The zero-order valence-electron chi connectivity index (χ0n) is 15.7. The number of amides is 1.